The molecule has 1 heterocycles. The van der Waals surface area contributed by atoms with Crippen molar-refractivity contribution in [3.05, 3.63) is 28.8 Å². The minimum absolute atomic E-state index is 0.0416. The number of aryl methyl sites for hydroxylation is 1. The molecule has 0 bridgehead atoms. The molecule has 1 fully saturated rings. The molecule has 0 aliphatic carbocycles. The molecule has 1 saturated heterocycles. The molecule has 0 radical (unpaired) electrons. The van der Waals surface area contributed by atoms with Crippen molar-refractivity contribution in [2.24, 2.45) is 0 Å². The van der Waals surface area contributed by atoms with Crippen molar-refractivity contribution in [2.75, 3.05) is 11.4 Å². The number of carbonyl (C=O) groups is 2. The lowest BCUT2D eigenvalue weighted by Crippen LogP contribution is -2.66. The normalized spacial score (nSPS) is 18.1. The van der Waals surface area contributed by atoms with Gasteiger partial charge in [0.1, 0.15) is 12.1 Å². The molecular formula is C15H19ClN2O2. The van der Waals surface area contributed by atoms with Crippen molar-refractivity contribution in [3.63, 3.8) is 0 Å². The van der Waals surface area contributed by atoms with E-state index in [1.807, 2.05) is 32.9 Å². The third-order valence-electron chi connectivity index (χ3n) is 4.01. The summed E-state index contributed by atoms with van der Waals surface area (Å²) in [5.41, 5.74) is 0.820. The van der Waals surface area contributed by atoms with Crippen molar-refractivity contribution in [1.29, 1.82) is 0 Å². The summed E-state index contributed by atoms with van der Waals surface area (Å²) in [6, 6.07) is 5.42. The molecule has 1 aliphatic heterocycles. The van der Waals surface area contributed by atoms with Gasteiger partial charge in [0.2, 0.25) is 5.91 Å². The first-order chi connectivity index (χ1) is 9.43. The Labute approximate surface area is 124 Å². The summed E-state index contributed by atoms with van der Waals surface area (Å²) in [5.74, 6) is -0.202. The number of carbonyl (C=O) groups excluding carboxylic acids is 2. The Balaban J connectivity index is 2.42. The van der Waals surface area contributed by atoms with Crippen molar-refractivity contribution in [3.8, 4) is 0 Å². The molecule has 1 aromatic rings. The molecule has 0 spiro atoms. The van der Waals surface area contributed by atoms with Gasteiger partial charge >= 0.3 is 0 Å². The molecule has 1 aromatic carbocycles. The van der Waals surface area contributed by atoms with Gasteiger partial charge in [-0.25, -0.2) is 0 Å². The number of hydrogen-bond donors (Lipinski definition) is 1. The number of halogens is 1. The van der Waals surface area contributed by atoms with E-state index < -0.39 is 5.54 Å². The first kappa shape index (κ1) is 14.9. The summed E-state index contributed by atoms with van der Waals surface area (Å²) >= 11 is 6.12. The van der Waals surface area contributed by atoms with Crippen molar-refractivity contribution in [2.45, 2.75) is 39.2 Å². The first-order valence-electron chi connectivity index (χ1n) is 6.82. The minimum atomic E-state index is -0.799. The van der Waals surface area contributed by atoms with Crippen LogP contribution >= 0.6 is 11.6 Å². The zero-order chi connectivity index (χ0) is 14.9. The van der Waals surface area contributed by atoms with Gasteiger partial charge in [0.25, 0.3) is 5.91 Å². The summed E-state index contributed by atoms with van der Waals surface area (Å²) < 4.78 is 0. The van der Waals surface area contributed by atoms with E-state index in [0.29, 0.717) is 23.6 Å². The number of hydrogen-bond acceptors (Lipinski definition) is 2. The third kappa shape index (κ3) is 2.40. The van der Waals surface area contributed by atoms with Gasteiger partial charge in [-0.05, 0) is 37.5 Å². The van der Waals surface area contributed by atoms with Crippen molar-refractivity contribution < 1.29 is 9.59 Å². The maximum absolute atomic E-state index is 12.7. The number of amides is 2. The maximum Gasteiger partial charge on any atom is 0.253 e. The molecule has 2 rings (SSSR count). The van der Waals surface area contributed by atoms with Gasteiger partial charge in [-0.3, -0.25) is 9.59 Å². The van der Waals surface area contributed by atoms with Gasteiger partial charge < -0.3 is 10.2 Å². The molecule has 108 valence electrons. The molecule has 0 aromatic heterocycles. The predicted octanol–water partition coefficient (Wildman–Crippen LogP) is 2.67. The van der Waals surface area contributed by atoms with E-state index in [0.717, 1.165) is 5.56 Å². The molecule has 0 unspecified atom stereocenters. The van der Waals surface area contributed by atoms with Crippen molar-refractivity contribution >= 4 is 29.1 Å². The first-order valence-corrected chi connectivity index (χ1v) is 7.20. The Morgan fingerprint density at radius 1 is 1.30 bits per heavy atom. The van der Waals surface area contributed by atoms with Crippen molar-refractivity contribution in [1.82, 2.24) is 5.32 Å². The van der Waals surface area contributed by atoms with Gasteiger partial charge in [-0.2, -0.15) is 0 Å². The van der Waals surface area contributed by atoms with Crippen LogP contribution < -0.4 is 10.2 Å². The number of rotatable bonds is 3. The van der Waals surface area contributed by atoms with Gasteiger partial charge in [0, 0.05) is 10.7 Å². The maximum atomic E-state index is 12.7. The molecule has 0 atom stereocenters. The molecule has 0 saturated carbocycles. The van der Waals surface area contributed by atoms with Crippen LogP contribution in [0.1, 0.15) is 32.3 Å². The molecule has 20 heavy (non-hydrogen) atoms. The third-order valence-corrected chi connectivity index (χ3v) is 4.42. The lowest BCUT2D eigenvalue weighted by atomic mass is 9.88. The molecule has 5 heteroatoms. The van der Waals surface area contributed by atoms with Gasteiger partial charge in [0.15, 0.2) is 0 Å². The number of benzene rings is 1. The van der Waals surface area contributed by atoms with Crippen LogP contribution in [0.3, 0.4) is 0 Å². The van der Waals surface area contributed by atoms with Crippen LogP contribution in [0.5, 0.6) is 0 Å². The highest BCUT2D eigenvalue weighted by molar-refractivity contribution is 6.31. The highest BCUT2D eigenvalue weighted by Gasteiger charge is 2.44. The lowest BCUT2D eigenvalue weighted by molar-refractivity contribution is -0.136. The Bertz CT molecular complexity index is 553. The SMILES string of the molecule is CCC1(CC)NC(=O)CN(c2ccc(C)c(Cl)c2)C1=O. The lowest BCUT2D eigenvalue weighted by Gasteiger charge is -2.41. The van der Waals surface area contributed by atoms with E-state index >= 15 is 0 Å². The Morgan fingerprint density at radius 3 is 2.50 bits per heavy atom. The standard InChI is InChI=1S/C15H19ClN2O2/c1-4-15(5-2)14(20)18(9-13(19)17-15)11-7-6-10(3)12(16)8-11/h6-8H,4-5,9H2,1-3H3,(H,17,19). The fourth-order valence-electron chi connectivity index (χ4n) is 2.52. The second-order valence-electron chi connectivity index (χ2n) is 5.16. The van der Waals surface area contributed by atoms with Crippen LogP contribution in [0.4, 0.5) is 5.69 Å². The van der Waals surface area contributed by atoms with Crippen LogP contribution in [0, 0.1) is 6.92 Å². The predicted molar refractivity (Wildman–Crippen MR) is 80.0 cm³/mol. The van der Waals surface area contributed by atoms with Crippen LogP contribution in [0.25, 0.3) is 0 Å². The van der Waals surface area contributed by atoms with Crippen LogP contribution in [0.15, 0.2) is 18.2 Å². The van der Waals surface area contributed by atoms with Crippen LogP contribution in [-0.2, 0) is 9.59 Å². The average Bonchev–Trinajstić information content (AvgIpc) is 2.44. The summed E-state index contributed by atoms with van der Waals surface area (Å²) in [6.45, 7) is 5.76. The number of anilines is 1. The number of nitrogens with zero attached hydrogens (tertiary/aromatic N) is 1. The second kappa shape index (κ2) is 5.44. The summed E-state index contributed by atoms with van der Waals surface area (Å²) in [7, 11) is 0. The Hall–Kier alpha value is -1.55. The van der Waals surface area contributed by atoms with E-state index in [-0.39, 0.29) is 18.4 Å². The van der Waals surface area contributed by atoms with E-state index in [1.165, 1.54) is 4.90 Å². The Kier molecular flexibility index (Phi) is 4.04. The average molecular weight is 295 g/mol. The van der Waals surface area contributed by atoms with E-state index in [1.54, 1.807) is 6.07 Å². The van der Waals surface area contributed by atoms with Gasteiger partial charge in [-0.15, -0.1) is 0 Å². The van der Waals surface area contributed by atoms with Crippen LogP contribution in [-0.4, -0.2) is 23.9 Å². The molecule has 1 N–H and O–H groups in total. The highest BCUT2D eigenvalue weighted by atomic mass is 35.5. The second-order valence-corrected chi connectivity index (χ2v) is 5.57. The topological polar surface area (TPSA) is 49.4 Å². The zero-order valence-electron chi connectivity index (χ0n) is 12.0. The largest absolute Gasteiger partial charge is 0.340 e. The van der Waals surface area contributed by atoms with Gasteiger partial charge in [0.05, 0.1) is 0 Å². The molecule has 4 nitrogen and oxygen atoms in total. The zero-order valence-corrected chi connectivity index (χ0v) is 12.8. The smallest absolute Gasteiger partial charge is 0.253 e. The summed E-state index contributed by atoms with van der Waals surface area (Å²) in [6.07, 6.45) is 1.15. The quantitative estimate of drug-likeness (QED) is 0.932. The number of nitrogens with one attached hydrogen (secondary N) is 1. The molecule has 1 aliphatic rings. The fourth-order valence-corrected chi connectivity index (χ4v) is 2.70. The number of piperazine rings is 1. The van der Waals surface area contributed by atoms with Crippen LogP contribution in [0.2, 0.25) is 5.02 Å². The molecular weight excluding hydrogens is 276 g/mol. The molecule has 2 amide bonds. The summed E-state index contributed by atoms with van der Waals surface area (Å²) in [4.78, 5) is 26.2. The minimum Gasteiger partial charge on any atom is -0.340 e. The monoisotopic (exact) mass is 294 g/mol. The Morgan fingerprint density at radius 2 is 1.95 bits per heavy atom. The summed E-state index contributed by atoms with van der Waals surface area (Å²) in [5, 5.41) is 3.44. The van der Waals surface area contributed by atoms with E-state index in [4.69, 9.17) is 11.6 Å². The highest BCUT2D eigenvalue weighted by Crippen LogP contribution is 2.29. The van der Waals surface area contributed by atoms with Gasteiger partial charge in [-0.1, -0.05) is 31.5 Å². The fraction of sp³-hybridized carbons (Fsp3) is 0.467. The van der Waals surface area contributed by atoms with E-state index in [9.17, 15) is 9.59 Å². The van der Waals surface area contributed by atoms with E-state index in [2.05, 4.69) is 5.32 Å².